The Hall–Kier alpha value is -2.94. The van der Waals surface area contributed by atoms with Crippen LogP contribution in [0, 0.1) is 10.1 Å². The van der Waals surface area contributed by atoms with Crippen LogP contribution in [0.3, 0.4) is 0 Å². The Morgan fingerprint density at radius 1 is 1.15 bits per heavy atom. The van der Waals surface area contributed by atoms with Crippen LogP contribution >= 0.6 is 0 Å². The molecule has 0 saturated carbocycles. The van der Waals surface area contributed by atoms with Crippen LogP contribution in [0.25, 0.3) is 0 Å². The average molecular weight is 382 g/mol. The third-order valence-corrected chi connectivity index (χ3v) is 3.69. The van der Waals surface area contributed by atoms with Crippen LogP contribution < -0.4 is 14.2 Å². The molecule has 0 spiro atoms. The molecular formula is C18H20F2N2O5. The highest BCUT2D eigenvalue weighted by Crippen LogP contribution is 2.30. The van der Waals surface area contributed by atoms with Crippen LogP contribution in [0.5, 0.6) is 17.2 Å². The van der Waals surface area contributed by atoms with Crippen molar-refractivity contribution in [3.05, 3.63) is 58.1 Å². The molecule has 0 heterocycles. The molecule has 0 radical (unpaired) electrons. The zero-order valence-corrected chi connectivity index (χ0v) is 14.9. The molecule has 0 unspecified atom stereocenters. The first kappa shape index (κ1) is 20.4. The monoisotopic (exact) mass is 382 g/mol. The number of halogens is 2. The van der Waals surface area contributed by atoms with E-state index in [1.54, 1.807) is 24.3 Å². The maximum atomic E-state index is 12.5. The van der Waals surface area contributed by atoms with Crippen molar-refractivity contribution in [1.82, 2.24) is 4.90 Å². The molecule has 9 heteroatoms. The number of nitro groups is 1. The van der Waals surface area contributed by atoms with Gasteiger partial charge in [0, 0.05) is 19.2 Å². The maximum Gasteiger partial charge on any atom is 0.387 e. The second-order valence-corrected chi connectivity index (χ2v) is 5.67. The first-order valence-corrected chi connectivity index (χ1v) is 8.07. The lowest BCUT2D eigenvalue weighted by molar-refractivity contribution is -0.385. The first-order valence-electron chi connectivity index (χ1n) is 8.07. The van der Waals surface area contributed by atoms with Crippen LogP contribution in [0.4, 0.5) is 14.5 Å². The fourth-order valence-electron chi connectivity index (χ4n) is 2.44. The minimum atomic E-state index is -2.94. The summed E-state index contributed by atoms with van der Waals surface area (Å²) in [6.45, 7) is -1.79. The van der Waals surface area contributed by atoms with Gasteiger partial charge in [-0.05, 0) is 30.8 Å². The predicted octanol–water partition coefficient (Wildman–Crippen LogP) is 3.72. The molecular weight excluding hydrogens is 362 g/mol. The van der Waals surface area contributed by atoms with Gasteiger partial charge in [-0.3, -0.25) is 15.0 Å². The molecule has 0 saturated heterocycles. The van der Waals surface area contributed by atoms with Crippen molar-refractivity contribution in [2.24, 2.45) is 0 Å². The number of benzene rings is 2. The fourth-order valence-corrected chi connectivity index (χ4v) is 2.44. The molecule has 0 N–H and O–H groups in total. The van der Waals surface area contributed by atoms with Gasteiger partial charge in [0.1, 0.15) is 6.61 Å². The fraction of sp³-hybridized carbons (Fsp3) is 0.333. The van der Waals surface area contributed by atoms with Crippen LogP contribution in [0.1, 0.15) is 5.56 Å². The van der Waals surface area contributed by atoms with Gasteiger partial charge >= 0.3 is 12.3 Å². The lowest BCUT2D eigenvalue weighted by Gasteiger charge is -2.18. The number of para-hydroxylation sites is 2. The summed E-state index contributed by atoms with van der Waals surface area (Å²) in [4.78, 5) is 12.4. The number of rotatable bonds is 10. The van der Waals surface area contributed by atoms with Crippen LogP contribution in [-0.2, 0) is 6.54 Å². The normalized spacial score (nSPS) is 10.9. The zero-order chi connectivity index (χ0) is 19.8. The minimum absolute atomic E-state index is 0.0328. The predicted molar refractivity (Wildman–Crippen MR) is 94.6 cm³/mol. The van der Waals surface area contributed by atoms with Crippen LogP contribution in [0.2, 0.25) is 0 Å². The lowest BCUT2D eigenvalue weighted by Crippen LogP contribution is -2.24. The molecule has 0 aromatic heterocycles. The maximum absolute atomic E-state index is 12.5. The summed E-state index contributed by atoms with van der Waals surface area (Å²) >= 11 is 0. The van der Waals surface area contributed by atoms with E-state index in [0.29, 0.717) is 13.1 Å². The lowest BCUT2D eigenvalue weighted by atomic mass is 10.2. The van der Waals surface area contributed by atoms with Crippen molar-refractivity contribution in [3.8, 4) is 17.2 Å². The molecule has 146 valence electrons. The minimum Gasteiger partial charge on any atom is -0.493 e. The summed E-state index contributed by atoms with van der Waals surface area (Å²) in [7, 11) is 3.19. The van der Waals surface area contributed by atoms with Crippen molar-refractivity contribution >= 4 is 5.69 Å². The van der Waals surface area contributed by atoms with E-state index in [2.05, 4.69) is 4.74 Å². The van der Waals surface area contributed by atoms with Gasteiger partial charge in [0.2, 0.25) is 0 Å². The first-order chi connectivity index (χ1) is 12.9. The summed E-state index contributed by atoms with van der Waals surface area (Å²) < 4.78 is 40.0. The van der Waals surface area contributed by atoms with E-state index in [1.165, 1.54) is 25.3 Å². The van der Waals surface area contributed by atoms with E-state index < -0.39 is 11.5 Å². The average Bonchev–Trinajstić information content (AvgIpc) is 2.61. The number of hydrogen-bond acceptors (Lipinski definition) is 6. The van der Waals surface area contributed by atoms with E-state index in [1.807, 2.05) is 11.9 Å². The summed E-state index contributed by atoms with van der Waals surface area (Å²) in [6.07, 6.45) is 0. The van der Waals surface area contributed by atoms with E-state index in [4.69, 9.17) is 9.47 Å². The Kier molecular flexibility index (Phi) is 7.30. The highest BCUT2D eigenvalue weighted by molar-refractivity contribution is 5.45. The van der Waals surface area contributed by atoms with E-state index in [9.17, 15) is 18.9 Å². The topological polar surface area (TPSA) is 74.1 Å². The number of hydrogen-bond donors (Lipinski definition) is 0. The van der Waals surface area contributed by atoms with Gasteiger partial charge in [0.15, 0.2) is 17.2 Å². The van der Waals surface area contributed by atoms with Gasteiger partial charge in [-0.15, -0.1) is 0 Å². The molecule has 0 bridgehead atoms. The van der Waals surface area contributed by atoms with E-state index >= 15 is 0 Å². The standard InChI is InChI=1S/C18H20F2N2O5/c1-21(9-10-26-15-6-4-3-5-14(15)22(23)24)12-13-7-8-16(25-2)17(11-13)27-18(19)20/h3-8,11,18H,9-10,12H2,1-2H3. The Morgan fingerprint density at radius 3 is 2.56 bits per heavy atom. The van der Waals surface area contributed by atoms with Gasteiger partial charge in [-0.25, -0.2) is 0 Å². The number of nitro benzene ring substituents is 1. The van der Waals surface area contributed by atoms with E-state index in [0.717, 1.165) is 5.56 Å². The number of ether oxygens (including phenoxy) is 3. The molecule has 0 atom stereocenters. The van der Waals surface area contributed by atoms with Gasteiger partial charge in [0.05, 0.1) is 12.0 Å². The largest absolute Gasteiger partial charge is 0.493 e. The molecule has 2 aromatic carbocycles. The van der Waals surface area contributed by atoms with Gasteiger partial charge in [-0.2, -0.15) is 8.78 Å². The Morgan fingerprint density at radius 2 is 1.89 bits per heavy atom. The molecule has 27 heavy (non-hydrogen) atoms. The van der Waals surface area contributed by atoms with Gasteiger partial charge < -0.3 is 14.2 Å². The number of alkyl halides is 2. The zero-order valence-electron chi connectivity index (χ0n) is 14.9. The summed E-state index contributed by atoms with van der Waals surface area (Å²) in [5.41, 5.74) is 0.656. The number of likely N-dealkylation sites (N-methyl/N-ethyl adjacent to an activating group) is 1. The number of nitrogens with zero attached hydrogens (tertiary/aromatic N) is 2. The molecule has 2 aromatic rings. The second kappa shape index (κ2) is 9.67. The van der Waals surface area contributed by atoms with Crippen molar-refractivity contribution in [2.75, 3.05) is 27.3 Å². The Balaban J connectivity index is 1.92. The van der Waals surface area contributed by atoms with Crippen LogP contribution in [-0.4, -0.2) is 43.7 Å². The van der Waals surface area contributed by atoms with E-state index in [-0.39, 0.29) is 29.5 Å². The second-order valence-electron chi connectivity index (χ2n) is 5.67. The third kappa shape index (κ3) is 6.07. The summed E-state index contributed by atoms with van der Waals surface area (Å²) in [5.74, 6) is 0.393. The molecule has 0 aliphatic heterocycles. The van der Waals surface area contributed by atoms with Gasteiger partial charge in [0.25, 0.3) is 0 Å². The van der Waals surface area contributed by atoms with Gasteiger partial charge in [-0.1, -0.05) is 18.2 Å². The molecule has 0 fully saturated rings. The number of methoxy groups -OCH3 is 1. The molecule has 0 aliphatic rings. The summed E-state index contributed by atoms with van der Waals surface area (Å²) in [6, 6.07) is 10.9. The molecule has 7 nitrogen and oxygen atoms in total. The SMILES string of the molecule is COc1ccc(CN(C)CCOc2ccccc2[N+](=O)[O-])cc1OC(F)F. The quantitative estimate of drug-likeness (QED) is 0.461. The highest BCUT2D eigenvalue weighted by atomic mass is 19.3. The third-order valence-electron chi connectivity index (χ3n) is 3.69. The van der Waals surface area contributed by atoms with Crippen molar-refractivity contribution in [3.63, 3.8) is 0 Å². The molecule has 0 aliphatic carbocycles. The molecule has 0 amide bonds. The summed E-state index contributed by atoms with van der Waals surface area (Å²) in [5, 5.41) is 11.0. The van der Waals surface area contributed by atoms with Crippen molar-refractivity contribution in [2.45, 2.75) is 13.2 Å². The highest BCUT2D eigenvalue weighted by Gasteiger charge is 2.14. The van der Waals surface area contributed by atoms with Crippen molar-refractivity contribution < 1.29 is 27.9 Å². The van der Waals surface area contributed by atoms with Crippen LogP contribution in [0.15, 0.2) is 42.5 Å². The Bertz CT molecular complexity index is 773. The van der Waals surface area contributed by atoms with Crippen molar-refractivity contribution in [1.29, 1.82) is 0 Å². The molecule has 2 rings (SSSR count). The smallest absolute Gasteiger partial charge is 0.387 e. The Labute approximate surface area is 155 Å².